The van der Waals surface area contributed by atoms with Crippen molar-refractivity contribution < 1.29 is 19.4 Å². The first-order chi connectivity index (χ1) is 9.06. The summed E-state index contributed by atoms with van der Waals surface area (Å²) in [6, 6.07) is 0. The second-order valence-electron chi connectivity index (χ2n) is 6.55. The molecule has 0 aliphatic heterocycles. The first-order valence-electron chi connectivity index (χ1n) is 7.48. The third-order valence-electron chi connectivity index (χ3n) is 2.93. The molecule has 4 nitrogen and oxygen atoms in total. The lowest BCUT2D eigenvalue weighted by atomic mass is 9.62. The number of aliphatic hydroxyl groups is 1. The molecule has 117 valence electrons. The first-order valence-corrected chi connectivity index (χ1v) is 7.48. The molecule has 0 aliphatic carbocycles. The summed E-state index contributed by atoms with van der Waals surface area (Å²) in [6.45, 7) is 11.5. The Morgan fingerprint density at radius 1 is 1.30 bits per heavy atom. The van der Waals surface area contributed by atoms with E-state index in [4.69, 9.17) is 9.47 Å². The summed E-state index contributed by atoms with van der Waals surface area (Å²) < 4.78 is 10.9. The smallest absolute Gasteiger partial charge is 0.300 e. The summed E-state index contributed by atoms with van der Waals surface area (Å²) in [6.07, 6.45) is 3.49. The highest BCUT2D eigenvalue weighted by Crippen LogP contribution is 2.14. The van der Waals surface area contributed by atoms with Crippen LogP contribution < -0.4 is 0 Å². The molecule has 1 radical (unpaired) electrons. The summed E-state index contributed by atoms with van der Waals surface area (Å²) in [5.41, 5.74) is -1.45. The lowest BCUT2D eigenvalue weighted by Crippen LogP contribution is -2.39. The minimum Gasteiger partial charge on any atom is -0.471 e. The quantitative estimate of drug-likeness (QED) is 0.626. The van der Waals surface area contributed by atoms with E-state index >= 15 is 0 Å². The van der Waals surface area contributed by atoms with Crippen LogP contribution in [0.5, 0.6) is 0 Å². The molecule has 0 saturated heterocycles. The van der Waals surface area contributed by atoms with Gasteiger partial charge in [-0.15, -0.1) is 0 Å². The lowest BCUT2D eigenvalue weighted by Gasteiger charge is -2.26. The van der Waals surface area contributed by atoms with Crippen LogP contribution in [0.3, 0.4) is 0 Å². The van der Waals surface area contributed by atoms with Crippen molar-refractivity contribution in [2.24, 2.45) is 0 Å². The van der Waals surface area contributed by atoms with E-state index in [2.05, 4.69) is 6.92 Å². The Morgan fingerprint density at radius 3 is 2.40 bits per heavy atom. The van der Waals surface area contributed by atoms with Gasteiger partial charge >= 0.3 is 7.28 Å². The van der Waals surface area contributed by atoms with Crippen LogP contribution in [0.2, 0.25) is 0 Å². The third-order valence-corrected chi connectivity index (χ3v) is 2.93. The van der Waals surface area contributed by atoms with Gasteiger partial charge in [0.2, 0.25) is 5.87 Å². The Morgan fingerprint density at radius 2 is 1.90 bits per heavy atom. The maximum atomic E-state index is 11.8. The number of hydrogen-bond acceptors (Lipinski definition) is 4. The molecule has 5 heteroatoms. The van der Waals surface area contributed by atoms with Gasteiger partial charge in [0.1, 0.15) is 0 Å². The average Bonchev–Trinajstić information content (AvgIpc) is 2.22. The van der Waals surface area contributed by atoms with Gasteiger partial charge in [0.15, 0.2) is 0 Å². The Bertz CT molecular complexity index is 284. The molecular formula is C15H30BO4. The van der Waals surface area contributed by atoms with Crippen molar-refractivity contribution in [1.82, 2.24) is 0 Å². The van der Waals surface area contributed by atoms with Gasteiger partial charge in [-0.05, 0) is 47.5 Å². The van der Waals surface area contributed by atoms with Crippen LogP contribution in [0.1, 0.15) is 67.2 Å². The van der Waals surface area contributed by atoms with Crippen molar-refractivity contribution in [3.63, 3.8) is 0 Å². The summed E-state index contributed by atoms with van der Waals surface area (Å²) in [5.74, 6) is -0.345. The maximum absolute atomic E-state index is 11.8. The van der Waals surface area contributed by atoms with Crippen LogP contribution in [0.4, 0.5) is 4.79 Å². The van der Waals surface area contributed by atoms with Gasteiger partial charge in [0.05, 0.1) is 11.7 Å². The van der Waals surface area contributed by atoms with Crippen LogP contribution in [0.15, 0.2) is 0 Å². The van der Waals surface area contributed by atoms with Crippen molar-refractivity contribution >= 4 is 13.1 Å². The van der Waals surface area contributed by atoms with Gasteiger partial charge in [-0.2, -0.15) is 0 Å². The fourth-order valence-corrected chi connectivity index (χ4v) is 1.67. The molecule has 0 aromatic rings. The second kappa shape index (κ2) is 8.68. The number of carbonyl (C=O) groups is 1. The molecule has 0 fully saturated rings. The Labute approximate surface area is 124 Å². The van der Waals surface area contributed by atoms with E-state index in [0.717, 1.165) is 19.3 Å². The molecule has 0 spiro atoms. The van der Waals surface area contributed by atoms with Crippen molar-refractivity contribution in [3.8, 4) is 0 Å². The van der Waals surface area contributed by atoms with Crippen LogP contribution in [-0.2, 0) is 9.47 Å². The van der Waals surface area contributed by atoms with E-state index in [1.807, 2.05) is 20.8 Å². The molecule has 0 heterocycles. The summed E-state index contributed by atoms with van der Waals surface area (Å²) in [7, 11) is 1.46. The molecule has 1 unspecified atom stereocenters. The van der Waals surface area contributed by atoms with Gasteiger partial charge in [-0.25, -0.2) is 0 Å². The van der Waals surface area contributed by atoms with E-state index in [1.54, 1.807) is 13.8 Å². The SMILES string of the molecule is CCCCC(C)OC(=O)[B]C(C)(C)OCCC(C)(C)O. The van der Waals surface area contributed by atoms with Crippen molar-refractivity contribution in [2.75, 3.05) is 6.61 Å². The normalized spacial score (nSPS) is 13.9. The van der Waals surface area contributed by atoms with Crippen molar-refractivity contribution in [1.29, 1.82) is 0 Å². The second-order valence-corrected chi connectivity index (χ2v) is 6.55. The molecule has 1 N–H and O–H groups in total. The standard InChI is InChI=1S/C15H30BO4/c1-7-8-9-12(2)20-13(17)16-15(5,6)19-11-10-14(3,4)18/h12,18H,7-11H2,1-6H3. The third kappa shape index (κ3) is 11.3. The van der Waals surface area contributed by atoms with Gasteiger partial charge < -0.3 is 14.6 Å². The van der Waals surface area contributed by atoms with Crippen LogP contribution in [0.25, 0.3) is 0 Å². The predicted molar refractivity (Wildman–Crippen MR) is 82.2 cm³/mol. The number of rotatable bonds is 10. The highest BCUT2D eigenvalue weighted by Gasteiger charge is 2.28. The van der Waals surface area contributed by atoms with Crippen LogP contribution >= 0.6 is 0 Å². The van der Waals surface area contributed by atoms with Crippen LogP contribution in [-0.4, -0.2) is 42.1 Å². The van der Waals surface area contributed by atoms with Crippen molar-refractivity contribution in [3.05, 3.63) is 0 Å². The Balaban J connectivity index is 4.02. The van der Waals surface area contributed by atoms with Crippen molar-refractivity contribution in [2.45, 2.75) is 84.4 Å². The maximum Gasteiger partial charge on any atom is 0.300 e. The fraction of sp³-hybridized carbons (Fsp3) is 0.933. The zero-order valence-corrected chi connectivity index (χ0v) is 13.9. The largest absolute Gasteiger partial charge is 0.471 e. The van der Waals surface area contributed by atoms with Gasteiger partial charge in [0, 0.05) is 12.1 Å². The molecule has 0 aromatic carbocycles. The van der Waals surface area contributed by atoms with E-state index in [9.17, 15) is 9.90 Å². The molecule has 1 atom stereocenters. The van der Waals surface area contributed by atoms with Gasteiger partial charge in [-0.1, -0.05) is 19.8 Å². The minimum absolute atomic E-state index is 0.0640. The highest BCUT2D eigenvalue weighted by atomic mass is 16.5. The summed E-state index contributed by atoms with van der Waals surface area (Å²) in [5, 5.41) is 9.62. The number of ether oxygens (including phenoxy) is 2. The monoisotopic (exact) mass is 285 g/mol. The van der Waals surface area contributed by atoms with Gasteiger partial charge in [0.25, 0.3) is 0 Å². The summed E-state index contributed by atoms with van der Waals surface area (Å²) >= 11 is 0. The van der Waals surface area contributed by atoms with E-state index < -0.39 is 11.1 Å². The lowest BCUT2D eigenvalue weighted by molar-refractivity contribution is -0.00775. The number of unbranched alkanes of at least 4 members (excludes halogenated alkanes) is 1. The minimum atomic E-state index is -0.759. The first kappa shape index (κ1) is 19.5. The molecule has 20 heavy (non-hydrogen) atoms. The molecule has 0 bridgehead atoms. The average molecular weight is 285 g/mol. The molecule has 0 rings (SSSR count). The molecule has 0 amide bonds. The predicted octanol–water partition coefficient (Wildman–Crippen LogP) is 3.32. The highest BCUT2D eigenvalue weighted by molar-refractivity contribution is 6.74. The topological polar surface area (TPSA) is 55.8 Å². The zero-order chi connectivity index (χ0) is 15.8. The number of carbonyl (C=O) groups excluding carboxylic acids is 1. The van der Waals surface area contributed by atoms with E-state index in [-0.39, 0.29) is 12.0 Å². The fourth-order valence-electron chi connectivity index (χ4n) is 1.67. The van der Waals surface area contributed by atoms with E-state index in [1.165, 1.54) is 7.28 Å². The number of hydrogen-bond donors (Lipinski definition) is 1. The van der Waals surface area contributed by atoms with Crippen LogP contribution in [0, 0.1) is 0 Å². The Kier molecular flexibility index (Phi) is 8.44. The Hall–Kier alpha value is -0.545. The molecule has 0 saturated carbocycles. The van der Waals surface area contributed by atoms with E-state index in [0.29, 0.717) is 13.0 Å². The molecular weight excluding hydrogens is 255 g/mol. The zero-order valence-electron chi connectivity index (χ0n) is 13.9. The van der Waals surface area contributed by atoms with Gasteiger partial charge in [-0.3, -0.25) is 4.79 Å². The summed E-state index contributed by atoms with van der Waals surface area (Å²) in [4.78, 5) is 11.8. The molecule has 0 aliphatic rings. The molecule has 0 aromatic heterocycles.